The molecule has 2 aromatic rings. The Balaban J connectivity index is 1.29. The second-order valence-electron chi connectivity index (χ2n) is 6.73. The molecule has 2 aliphatic rings. The minimum Gasteiger partial charge on any atom is -0.443 e. The SMILES string of the molecule is c1nc(Cn2cc(COC3CCCNC3)nn2)oc1C1CCOCC1. The fourth-order valence-electron chi connectivity index (χ4n) is 3.35. The van der Waals surface area contributed by atoms with E-state index >= 15 is 0 Å². The molecule has 0 radical (unpaired) electrons. The van der Waals surface area contributed by atoms with Crippen LogP contribution in [0.3, 0.4) is 0 Å². The number of hydrogen-bond donors (Lipinski definition) is 1. The van der Waals surface area contributed by atoms with Crippen LogP contribution in [0.15, 0.2) is 16.8 Å². The van der Waals surface area contributed by atoms with E-state index < -0.39 is 0 Å². The van der Waals surface area contributed by atoms with Gasteiger partial charge in [0.25, 0.3) is 0 Å². The van der Waals surface area contributed by atoms with E-state index in [1.807, 2.05) is 12.4 Å². The van der Waals surface area contributed by atoms with Crippen LogP contribution in [0, 0.1) is 0 Å². The first-order valence-electron chi connectivity index (χ1n) is 9.10. The Kier molecular flexibility index (Phi) is 5.39. The van der Waals surface area contributed by atoms with Crippen LogP contribution in [0.1, 0.15) is 48.9 Å². The third kappa shape index (κ3) is 4.45. The minimum atomic E-state index is 0.271. The molecule has 8 nitrogen and oxygen atoms in total. The van der Waals surface area contributed by atoms with Crippen LogP contribution in [0.5, 0.6) is 0 Å². The Morgan fingerprint density at radius 3 is 3.04 bits per heavy atom. The highest BCUT2D eigenvalue weighted by Gasteiger charge is 2.20. The lowest BCUT2D eigenvalue weighted by atomic mass is 9.98. The molecule has 2 aliphatic heterocycles. The van der Waals surface area contributed by atoms with E-state index in [1.165, 1.54) is 0 Å². The van der Waals surface area contributed by atoms with Crippen LogP contribution in [0.25, 0.3) is 0 Å². The Morgan fingerprint density at radius 2 is 2.20 bits per heavy atom. The topological polar surface area (TPSA) is 87.2 Å². The van der Waals surface area contributed by atoms with Crippen molar-refractivity contribution in [2.45, 2.75) is 50.9 Å². The highest BCUT2D eigenvalue weighted by atomic mass is 16.5. The third-order valence-corrected chi connectivity index (χ3v) is 4.80. The van der Waals surface area contributed by atoms with Crippen molar-refractivity contribution in [2.24, 2.45) is 0 Å². The Labute approximate surface area is 146 Å². The summed E-state index contributed by atoms with van der Waals surface area (Å²) in [5.41, 5.74) is 0.835. The number of nitrogens with zero attached hydrogens (tertiary/aromatic N) is 4. The van der Waals surface area contributed by atoms with Crippen molar-refractivity contribution >= 4 is 0 Å². The van der Waals surface area contributed by atoms with E-state index in [-0.39, 0.29) is 6.10 Å². The maximum absolute atomic E-state index is 5.90. The number of ether oxygens (including phenoxy) is 2. The molecule has 8 heteroatoms. The van der Waals surface area contributed by atoms with Crippen molar-refractivity contribution in [2.75, 3.05) is 26.3 Å². The second-order valence-corrected chi connectivity index (χ2v) is 6.73. The molecule has 0 amide bonds. The molecule has 1 N–H and O–H groups in total. The molecule has 136 valence electrons. The van der Waals surface area contributed by atoms with E-state index in [1.54, 1.807) is 4.68 Å². The lowest BCUT2D eigenvalue weighted by Gasteiger charge is -2.22. The molecule has 0 spiro atoms. The molecule has 0 saturated carbocycles. The third-order valence-electron chi connectivity index (χ3n) is 4.80. The van der Waals surface area contributed by atoms with Crippen molar-refractivity contribution in [3.05, 3.63) is 29.7 Å². The van der Waals surface area contributed by atoms with E-state index in [0.29, 0.717) is 25.0 Å². The smallest absolute Gasteiger partial charge is 0.216 e. The number of nitrogens with one attached hydrogen (secondary N) is 1. The number of rotatable bonds is 6. The lowest BCUT2D eigenvalue weighted by Crippen LogP contribution is -2.35. The number of piperidine rings is 1. The minimum absolute atomic E-state index is 0.271. The van der Waals surface area contributed by atoms with E-state index in [0.717, 1.165) is 63.4 Å². The largest absolute Gasteiger partial charge is 0.443 e. The summed E-state index contributed by atoms with van der Waals surface area (Å²) in [6.07, 6.45) is 8.26. The molecule has 2 aromatic heterocycles. The summed E-state index contributed by atoms with van der Waals surface area (Å²) in [5.74, 6) is 2.03. The molecule has 0 aromatic carbocycles. The predicted molar refractivity (Wildman–Crippen MR) is 89.1 cm³/mol. The predicted octanol–water partition coefficient (Wildman–Crippen LogP) is 1.48. The molecular formula is C17H25N5O3. The Morgan fingerprint density at radius 1 is 1.28 bits per heavy atom. The van der Waals surface area contributed by atoms with Gasteiger partial charge in [-0.3, -0.25) is 0 Å². The summed E-state index contributed by atoms with van der Waals surface area (Å²) in [6, 6.07) is 0. The summed E-state index contributed by atoms with van der Waals surface area (Å²) in [7, 11) is 0. The van der Waals surface area contributed by atoms with Crippen LogP contribution in [0.2, 0.25) is 0 Å². The fourth-order valence-corrected chi connectivity index (χ4v) is 3.35. The van der Waals surface area contributed by atoms with Gasteiger partial charge in [0.2, 0.25) is 5.89 Å². The average molecular weight is 347 g/mol. The number of aromatic nitrogens is 4. The van der Waals surface area contributed by atoms with Gasteiger partial charge in [-0.1, -0.05) is 5.21 Å². The fraction of sp³-hybridized carbons (Fsp3) is 0.706. The standard InChI is InChI=1S/C17H25N5O3/c1-2-15(8-18-5-1)24-12-14-10-22(21-20-14)11-17-19-9-16(25-17)13-3-6-23-7-4-13/h9-10,13,15,18H,1-8,11-12H2. The zero-order valence-corrected chi connectivity index (χ0v) is 14.4. The average Bonchev–Trinajstić information content (AvgIpc) is 3.32. The summed E-state index contributed by atoms with van der Waals surface area (Å²) in [6.45, 7) is 4.57. The van der Waals surface area contributed by atoms with E-state index in [9.17, 15) is 0 Å². The lowest BCUT2D eigenvalue weighted by molar-refractivity contribution is 0.0236. The second kappa shape index (κ2) is 8.07. The molecule has 25 heavy (non-hydrogen) atoms. The van der Waals surface area contributed by atoms with Crippen molar-refractivity contribution < 1.29 is 13.9 Å². The molecule has 1 unspecified atom stereocenters. The summed E-state index contributed by atoms with van der Waals surface area (Å²) < 4.78 is 18.9. The molecule has 4 heterocycles. The molecule has 0 bridgehead atoms. The first kappa shape index (κ1) is 16.7. The zero-order valence-electron chi connectivity index (χ0n) is 14.4. The van der Waals surface area contributed by atoms with Crippen LogP contribution in [-0.4, -0.2) is 52.4 Å². The highest BCUT2D eigenvalue weighted by molar-refractivity contribution is 5.03. The van der Waals surface area contributed by atoms with Crippen LogP contribution in [0.4, 0.5) is 0 Å². The number of hydrogen-bond acceptors (Lipinski definition) is 7. The highest BCUT2D eigenvalue weighted by Crippen LogP contribution is 2.27. The van der Waals surface area contributed by atoms with Gasteiger partial charge in [0, 0.05) is 25.7 Å². The first-order chi connectivity index (χ1) is 12.4. The molecular weight excluding hydrogens is 322 g/mol. The van der Waals surface area contributed by atoms with Gasteiger partial charge in [-0.15, -0.1) is 5.10 Å². The molecule has 4 rings (SSSR count). The summed E-state index contributed by atoms with van der Waals surface area (Å²) in [4.78, 5) is 4.38. The van der Waals surface area contributed by atoms with Crippen LogP contribution >= 0.6 is 0 Å². The molecule has 2 saturated heterocycles. The maximum atomic E-state index is 5.90. The maximum Gasteiger partial charge on any atom is 0.216 e. The van der Waals surface area contributed by atoms with Crippen molar-refractivity contribution in [1.29, 1.82) is 0 Å². The Bertz CT molecular complexity index is 659. The Hall–Kier alpha value is -1.77. The van der Waals surface area contributed by atoms with E-state index in [2.05, 4.69) is 20.6 Å². The van der Waals surface area contributed by atoms with Crippen molar-refractivity contribution in [3.8, 4) is 0 Å². The first-order valence-corrected chi connectivity index (χ1v) is 9.10. The van der Waals surface area contributed by atoms with Gasteiger partial charge in [0.05, 0.1) is 25.1 Å². The van der Waals surface area contributed by atoms with Gasteiger partial charge in [-0.2, -0.15) is 0 Å². The van der Waals surface area contributed by atoms with Gasteiger partial charge in [-0.05, 0) is 32.2 Å². The van der Waals surface area contributed by atoms with Crippen LogP contribution < -0.4 is 5.32 Å². The van der Waals surface area contributed by atoms with Crippen molar-refractivity contribution in [3.63, 3.8) is 0 Å². The van der Waals surface area contributed by atoms with Crippen molar-refractivity contribution in [1.82, 2.24) is 25.3 Å². The van der Waals surface area contributed by atoms with Gasteiger partial charge in [0.1, 0.15) is 18.0 Å². The number of oxazole rings is 1. The molecule has 1 atom stereocenters. The van der Waals surface area contributed by atoms with E-state index in [4.69, 9.17) is 13.9 Å². The molecule has 2 fully saturated rings. The summed E-state index contributed by atoms with van der Waals surface area (Å²) >= 11 is 0. The normalized spacial score (nSPS) is 22.3. The molecule has 0 aliphatic carbocycles. The summed E-state index contributed by atoms with van der Waals surface area (Å²) in [5, 5.41) is 11.7. The van der Waals surface area contributed by atoms with Gasteiger partial charge < -0.3 is 19.2 Å². The van der Waals surface area contributed by atoms with Gasteiger partial charge in [-0.25, -0.2) is 9.67 Å². The zero-order chi connectivity index (χ0) is 16.9. The quantitative estimate of drug-likeness (QED) is 0.847. The van der Waals surface area contributed by atoms with Crippen LogP contribution in [-0.2, 0) is 22.6 Å². The monoisotopic (exact) mass is 347 g/mol. The van der Waals surface area contributed by atoms with Gasteiger partial charge in [0.15, 0.2) is 0 Å². The van der Waals surface area contributed by atoms with Gasteiger partial charge >= 0.3 is 0 Å².